The normalized spacial score (nSPS) is 14.0. The number of nitrogens with one attached hydrogen (secondary N) is 1. The summed E-state index contributed by atoms with van der Waals surface area (Å²) in [7, 11) is 0. The van der Waals surface area contributed by atoms with Crippen LogP contribution in [0.5, 0.6) is 0 Å². The number of hydrogen-bond acceptors (Lipinski definition) is 10. The number of nitrogens with zero attached hydrogens (tertiary/aromatic N) is 2. The van der Waals surface area contributed by atoms with Gasteiger partial charge in [-0.3, -0.25) is 0 Å². The van der Waals surface area contributed by atoms with Gasteiger partial charge >= 0.3 is 18.2 Å². The number of hydrogen-bond donors (Lipinski definition) is 1. The van der Waals surface area contributed by atoms with E-state index in [4.69, 9.17) is 28.3 Å². The van der Waals surface area contributed by atoms with Gasteiger partial charge in [0.1, 0.15) is 23.5 Å². The summed E-state index contributed by atoms with van der Waals surface area (Å²) in [5.41, 5.74) is -0.392. The summed E-state index contributed by atoms with van der Waals surface area (Å²) >= 11 is 0. The van der Waals surface area contributed by atoms with E-state index in [2.05, 4.69) is 15.6 Å². The highest BCUT2D eigenvalue weighted by Crippen LogP contribution is 2.46. The first kappa shape index (κ1) is 35.6. The second-order valence-electron chi connectivity index (χ2n) is 12.5. The molecule has 0 bridgehead atoms. The SMILES string of the molecule is CCOOCC(CCc1ccc2c(c1)CCc1c-2noc1-c1noc(-c2ccccc2)c1C(F)(F)F)(NC(=O)OC(C)(C)C)C(=O)OCC. The Labute approximate surface area is 280 Å². The zero-order valence-electron chi connectivity index (χ0n) is 27.9. The number of rotatable bonds is 12. The van der Waals surface area contributed by atoms with Gasteiger partial charge in [-0.15, -0.1) is 0 Å². The van der Waals surface area contributed by atoms with Gasteiger partial charge in [0.2, 0.25) is 0 Å². The van der Waals surface area contributed by atoms with Gasteiger partial charge in [0.25, 0.3) is 0 Å². The molecule has 14 heteroatoms. The van der Waals surface area contributed by atoms with Crippen LogP contribution in [-0.4, -0.2) is 53.3 Å². The monoisotopic (exact) mass is 685 g/mol. The van der Waals surface area contributed by atoms with Crippen LogP contribution in [0.15, 0.2) is 57.6 Å². The second kappa shape index (κ2) is 14.4. The minimum Gasteiger partial charge on any atom is -0.464 e. The van der Waals surface area contributed by atoms with E-state index in [1.807, 2.05) is 18.2 Å². The Balaban J connectivity index is 1.43. The standard InChI is InChI=1S/C35H38F3N3O8/c1-6-44-31(42)34(20-46-45-7-2,39-32(43)47-33(3,4)5)18-17-21-13-15-24-23(19-21)14-16-25-27(24)40-49-30(25)28-26(35(36,37)38)29(48-41-28)22-11-9-8-10-12-22/h8-13,15,19H,6-7,14,16-18,20H2,1-5H3,(H,39,43). The molecule has 262 valence electrons. The second-order valence-corrected chi connectivity index (χ2v) is 12.5. The molecule has 1 aliphatic rings. The molecule has 0 aliphatic heterocycles. The lowest BCUT2D eigenvalue weighted by Gasteiger charge is -2.32. The summed E-state index contributed by atoms with van der Waals surface area (Å²) in [6, 6.07) is 13.5. The lowest BCUT2D eigenvalue weighted by Crippen LogP contribution is -2.59. The Kier molecular flexibility index (Phi) is 10.5. The number of alkyl halides is 3. The number of benzene rings is 2. The molecule has 1 amide bonds. The summed E-state index contributed by atoms with van der Waals surface area (Å²) in [5.74, 6) is -1.20. The molecule has 1 atom stereocenters. The van der Waals surface area contributed by atoms with Crippen LogP contribution in [-0.2, 0) is 49.5 Å². The van der Waals surface area contributed by atoms with Crippen molar-refractivity contribution in [1.29, 1.82) is 0 Å². The Morgan fingerprint density at radius 1 is 0.898 bits per heavy atom. The van der Waals surface area contributed by atoms with Crippen molar-refractivity contribution >= 4 is 12.1 Å². The summed E-state index contributed by atoms with van der Waals surface area (Å²) in [6.45, 7) is 8.43. The van der Waals surface area contributed by atoms with E-state index in [1.165, 1.54) is 12.1 Å². The van der Waals surface area contributed by atoms with Crippen LogP contribution in [0.25, 0.3) is 34.0 Å². The maximum atomic E-state index is 14.4. The van der Waals surface area contributed by atoms with Gasteiger partial charge in [0.15, 0.2) is 22.8 Å². The molecule has 1 unspecified atom stereocenters. The zero-order valence-corrected chi connectivity index (χ0v) is 27.9. The molecule has 49 heavy (non-hydrogen) atoms. The fourth-order valence-electron chi connectivity index (χ4n) is 5.67. The number of carbonyl (C=O) groups is 2. The van der Waals surface area contributed by atoms with Crippen LogP contribution in [0.2, 0.25) is 0 Å². The molecule has 0 radical (unpaired) electrons. The Hall–Kier alpha value is -4.69. The first-order chi connectivity index (χ1) is 23.3. The summed E-state index contributed by atoms with van der Waals surface area (Å²) in [5, 5.41) is 10.6. The van der Waals surface area contributed by atoms with Crippen molar-refractivity contribution in [2.24, 2.45) is 0 Å². The highest BCUT2D eigenvalue weighted by Gasteiger charge is 2.45. The third kappa shape index (κ3) is 7.97. The van der Waals surface area contributed by atoms with Gasteiger partial charge in [-0.1, -0.05) is 58.8 Å². The van der Waals surface area contributed by atoms with E-state index in [0.717, 1.165) is 11.1 Å². The number of halogens is 3. The Bertz CT molecular complexity index is 1780. The topological polar surface area (TPSA) is 135 Å². The largest absolute Gasteiger partial charge is 0.464 e. The molecular formula is C35H38F3N3O8. The first-order valence-electron chi connectivity index (χ1n) is 15.9. The maximum absolute atomic E-state index is 14.4. The Morgan fingerprint density at radius 3 is 2.29 bits per heavy atom. The van der Waals surface area contributed by atoms with Crippen molar-refractivity contribution in [1.82, 2.24) is 15.6 Å². The predicted molar refractivity (Wildman–Crippen MR) is 170 cm³/mol. The van der Waals surface area contributed by atoms with Crippen molar-refractivity contribution in [3.05, 3.63) is 70.8 Å². The zero-order chi connectivity index (χ0) is 35.4. The highest BCUT2D eigenvalue weighted by atomic mass is 19.4. The van der Waals surface area contributed by atoms with Crippen molar-refractivity contribution in [3.8, 4) is 34.0 Å². The minimum atomic E-state index is -4.77. The first-order valence-corrected chi connectivity index (χ1v) is 15.9. The van der Waals surface area contributed by atoms with Crippen molar-refractivity contribution in [3.63, 3.8) is 0 Å². The minimum absolute atomic E-state index is 0.0679. The summed E-state index contributed by atoms with van der Waals surface area (Å²) < 4.78 is 64.7. The number of aromatic nitrogens is 2. The predicted octanol–water partition coefficient (Wildman–Crippen LogP) is 7.51. The summed E-state index contributed by atoms with van der Waals surface area (Å²) in [4.78, 5) is 36.5. The average molecular weight is 686 g/mol. The third-order valence-corrected chi connectivity index (χ3v) is 7.84. The molecule has 2 heterocycles. The molecule has 4 aromatic rings. The summed E-state index contributed by atoms with van der Waals surface area (Å²) in [6.07, 6.45) is -4.40. The number of amides is 1. The molecule has 1 aliphatic carbocycles. The molecule has 0 saturated heterocycles. The molecular weight excluding hydrogens is 647 g/mol. The van der Waals surface area contributed by atoms with Gasteiger partial charge < -0.3 is 23.8 Å². The molecule has 11 nitrogen and oxygen atoms in total. The van der Waals surface area contributed by atoms with Crippen molar-refractivity contribution in [2.75, 3.05) is 19.8 Å². The molecule has 0 saturated carbocycles. The lowest BCUT2D eigenvalue weighted by molar-refractivity contribution is -0.300. The quantitative estimate of drug-likeness (QED) is 0.0691. The van der Waals surface area contributed by atoms with Crippen LogP contribution in [0, 0.1) is 0 Å². The maximum Gasteiger partial charge on any atom is 0.422 e. The lowest BCUT2D eigenvalue weighted by atomic mass is 9.85. The molecule has 1 N–H and O–H groups in total. The van der Waals surface area contributed by atoms with Crippen LogP contribution in [0.1, 0.15) is 63.3 Å². The smallest absolute Gasteiger partial charge is 0.422 e. The van der Waals surface area contributed by atoms with E-state index in [-0.39, 0.29) is 37.6 Å². The van der Waals surface area contributed by atoms with Crippen LogP contribution >= 0.6 is 0 Å². The molecule has 5 rings (SSSR count). The van der Waals surface area contributed by atoms with Gasteiger partial charge in [-0.25, -0.2) is 19.4 Å². The number of ether oxygens (including phenoxy) is 2. The fourth-order valence-corrected chi connectivity index (χ4v) is 5.67. The van der Waals surface area contributed by atoms with Crippen molar-refractivity contribution in [2.45, 2.75) is 77.6 Å². The number of fused-ring (bicyclic) bond motifs is 3. The van der Waals surface area contributed by atoms with Crippen LogP contribution in [0.3, 0.4) is 0 Å². The van der Waals surface area contributed by atoms with E-state index >= 15 is 0 Å². The molecule has 2 aromatic heterocycles. The van der Waals surface area contributed by atoms with Crippen LogP contribution < -0.4 is 5.32 Å². The molecule has 0 fully saturated rings. The van der Waals surface area contributed by atoms with E-state index in [9.17, 15) is 22.8 Å². The van der Waals surface area contributed by atoms with E-state index in [0.29, 0.717) is 36.1 Å². The highest BCUT2D eigenvalue weighted by molar-refractivity contribution is 5.86. The van der Waals surface area contributed by atoms with Gasteiger partial charge in [0, 0.05) is 16.7 Å². The third-order valence-electron chi connectivity index (χ3n) is 7.84. The number of alkyl carbamates (subject to hydrolysis) is 1. The van der Waals surface area contributed by atoms with Crippen molar-refractivity contribution < 1.29 is 51.1 Å². The van der Waals surface area contributed by atoms with E-state index in [1.54, 1.807) is 52.8 Å². The van der Waals surface area contributed by atoms with Gasteiger partial charge in [-0.2, -0.15) is 13.2 Å². The molecule has 0 spiro atoms. The molecule has 2 aromatic carbocycles. The van der Waals surface area contributed by atoms with E-state index < -0.39 is 46.4 Å². The number of carbonyl (C=O) groups excluding carboxylic acids is 2. The number of aryl methyl sites for hydroxylation is 2. The van der Waals surface area contributed by atoms with Gasteiger partial charge in [-0.05, 0) is 71.4 Å². The Morgan fingerprint density at radius 2 is 1.61 bits per heavy atom. The van der Waals surface area contributed by atoms with Crippen LogP contribution in [0.4, 0.5) is 18.0 Å². The number of esters is 1. The fraction of sp³-hybridized carbons (Fsp3) is 0.429. The average Bonchev–Trinajstić information content (AvgIpc) is 3.68. The van der Waals surface area contributed by atoms with Gasteiger partial charge in [0.05, 0.1) is 13.2 Å².